The minimum Gasteiger partial charge on any atom is -0.489 e. The minimum absolute atomic E-state index is 0.206. The smallest absolute Gasteiger partial charge is 0.229 e. The van der Waals surface area contributed by atoms with Crippen molar-refractivity contribution in [1.29, 1.82) is 0 Å². The van der Waals surface area contributed by atoms with E-state index in [9.17, 15) is 8.42 Å². The van der Waals surface area contributed by atoms with Gasteiger partial charge in [0.25, 0.3) is 0 Å². The topological polar surface area (TPSA) is 58.6 Å². The van der Waals surface area contributed by atoms with Gasteiger partial charge >= 0.3 is 0 Å². The predicted molar refractivity (Wildman–Crippen MR) is 94.5 cm³/mol. The molecule has 5 nitrogen and oxygen atoms in total. The lowest BCUT2D eigenvalue weighted by Gasteiger charge is -2.39. The van der Waals surface area contributed by atoms with Gasteiger partial charge in [0, 0.05) is 11.7 Å². The highest BCUT2D eigenvalue weighted by molar-refractivity contribution is 7.92. The second-order valence-electron chi connectivity index (χ2n) is 6.13. The normalized spacial score (nSPS) is 22.1. The van der Waals surface area contributed by atoms with Crippen LogP contribution >= 0.6 is 0 Å². The van der Waals surface area contributed by atoms with Gasteiger partial charge in [-0.05, 0) is 56.6 Å². The highest BCUT2D eigenvalue weighted by atomic mass is 32.2. The molecule has 1 aliphatic carbocycles. The monoisotopic (exact) mass is 340 g/mol. The lowest BCUT2D eigenvalue weighted by molar-refractivity contribution is 0.0413. The van der Waals surface area contributed by atoms with Gasteiger partial charge < -0.3 is 4.74 Å². The van der Waals surface area contributed by atoms with Gasteiger partial charge in [-0.25, -0.2) is 8.42 Å². The third-order valence-electron chi connectivity index (χ3n) is 4.39. The van der Waals surface area contributed by atoms with Crippen LogP contribution in [0.15, 0.2) is 24.3 Å². The van der Waals surface area contributed by atoms with E-state index in [0.717, 1.165) is 31.5 Å². The van der Waals surface area contributed by atoms with Crippen molar-refractivity contribution < 1.29 is 13.2 Å². The summed E-state index contributed by atoms with van der Waals surface area (Å²) in [6.07, 6.45) is 6.07. The molecule has 6 heteroatoms. The van der Waals surface area contributed by atoms with Gasteiger partial charge in [0.15, 0.2) is 0 Å². The maximum atomic E-state index is 11.2. The van der Waals surface area contributed by atoms with Crippen molar-refractivity contribution in [2.45, 2.75) is 51.7 Å². The highest BCUT2D eigenvalue weighted by Crippen LogP contribution is 2.28. The van der Waals surface area contributed by atoms with Crippen molar-refractivity contribution in [3.63, 3.8) is 0 Å². The quantitative estimate of drug-likeness (QED) is 0.829. The fraction of sp³-hybridized carbons (Fsp3) is 0.647. The van der Waals surface area contributed by atoms with E-state index in [2.05, 4.69) is 23.5 Å². The number of sulfonamides is 1. The summed E-state index contributed by atoms with van der Waals surface area (Å²) < 4.78 is 31.2. The molecule has 1 aromatic carbocycles. The lowest BCUT2D eigenvalue weighted by atomic mass is 9.91. The molecule has 2 atom stereocenters. The Morgan fingerprint density at radius 2 is 1.74 bits per heavy atom. The third kappa shape index (κ3) is 5.39. The van der Waals surface area contributed by atoms with Crippen molar-refractivity contribution in [2.75, 3.05) is 24.1 Å². The standard InChI is InChI=1S/C17H28N2O3S/c1-4-19(5-2)16-8-6-7-9-17(16)22-15-12-10-14(11-13-15)18-23(3,20)21/h10-13,16-18H,4-9H2,1-3H3/t16-,17-/m1/s1. The van der Waals surface area contributed by atoms with Crippen LogP contribution in [0.2, 0.25) is 0 Å². The first-order valence-corrected chi connectivity index (χ1v) is 10.3. The van der Waals surface area contributed by atoms with Gasteiger partial charge in [-0.1, -0.05) is 20.3 Å². The first-order chi connectivity index (χ1) is 10.9. The first-order valence-electron chi connectivity index (χ1n) is 8.41. The zero-order valence-electron chi connectivity index (χ0n) is 14.3. The molecule has 0 saturated heterocycles. The lowest BCUT2D eigenvalue weighted by Crippen LogP contribution is -2.47. The van der Waals surface area contributed by atoms with Crippen LogP contribution in [0.1, 0.15) is 39.5 Å². The van der Waals surface area contributed by atoms with Crippen LogP contribution in [0.4, 0.5) is 5.69 Å². The van der Waals surface area contributed by atoms with E-state index in [-0.39, 0.29) is 6.10 Å². The van der Waals surface area contributed by atoms with E-state index >= 15 is 0 Å². The summed E-state index contributed by atoms with van der Waals surface area (Å²) in [5.74, 6) is 0.799. The van der Waals surface area contributed by atoms with Crippen molar-refractivity contribution >= 4 is 15.7 Å². The van der Waals surface area contributed by atoms with Crippen LogP contribution in [-0.2, 0) is 10.0 Å². The molecule has 0 heterocycles. The fourth-order valence-electron chi connectivity index (χ4n) is 3.32. The number of benzene rings is 1. The number of anilines is 1. The molecule has 0 aromatic heterocycles. The Balaban J connectivity index is 2.04. The molecule has 0 aliphatic heterocycles. The van der Waals surface area contributed by atoms with Gasteiger partial charge in [0.1, 0.15) is 11.9 Å². The summed E-state index contributed by atoms with van der Waals surface area (Å²) in [4.78, 5) is 2.48. The average molecular weight is 340 g/mol. The summed E-state index contributed by atoms with van der Waals surface area (Å²) in [6.45, 7) is 6.47. The van der Waals surface area contributed by atoms with E-state index in [1.54, 1.807) is 12.1 Å². The van der Waals surface area contributed by atoms with E-state index in [1.807, 2.05) is 12.1 Å². The summed E-state index contributed by atoms with van der Waals surface area (Å²) in [7, 11) is -3.24. The Labute approximate surface area is 140 Å². The average Bonchev–Trinajstić information content (AvgIpc) is 2.51. The van der Waals surface area contributed by atoms with E-state index < -0.39 is 10.0 Å². The van der Waals surface area contributed by atoms with Crippen LogP contribution in [0.25, 0.3) is 0 Å². The third-order valence-corrected chi connectivity index (χ3v) is 5.00. The number of rotatable bonds is 7. The molecule has 0 amide bonds. The fourth-order valence-corrected chi connectivity index (χ4v) is 3.88. The Morgan fingerprint density at radius 3 is 2.30 bits per heavy atom. The molecule has 1 saturated carbocycles. The molecule has 1 N–H and O–H groups in total. The minimum atomic E-state index is -3.24. The SMILES string of the molecule is CCN(CC)[C@@H]1CCCC[C@H]1Oc1ccc(NS(C)(=O)=O)cc1. The molecule has 0 spiro atoms. The number of nitrogens with one attached hydrogen (secondary N) is 1. The Morgan fingerprint density at radius 1 is 1.13 bits per heavy atom. The van der Waals surface area contributed by atoms with Crippen molar-refractivity contribution in [1.82, 2.24) is 4.90 Å². The molecule has 1 aliphatic rings. The number of ether oxygens (including phenoxy) is 1. The summed E-state index contributed by atoms with van der Waals surface area (Å²) >= 11 is 0. The number of nitrogens with zero attached hydrogens (tertiary/aromatic N) is 1. The maximum Gasteiger partial charge on any atom is 0.229 e. The molecule has 1 aromatic rings. The predicted octanol–water partition coefficient (Wildman–Crippen LogP) is 3.09. The van der Waals surface area contributed by atoms with E-state index in [0.29, 0.717) is 11.7 Å². The van der Waals surface area contributed by atoms with Crippen molar-refractivity contribution in [2.24, 2.45) is 0 Å². The maximum absolute atomic E-state index is 11.2. The highest BCUT2D eigenvalue weighted by Gasteiger charge is 2.30. The van der Waals surface area contributed by atoms with Crippen LogP contribution in [0.5, 0.6) is 5.75 Å². The van der Waals surface area contributed by atoms with Gasteiger partial charge in [-0.15, -0.1) is 0 Å². The zero-order valence-corrected chi connectivity index (χ0v) is 15.1. The Bertz CT molecular complexity index is 582. The number of hydrogen-bond donors (Lipinski definition) is 1. The molecule has 130 valence electrons. The molecule has 0 radical (unpaired) electrons. The molecule has 0 bridgehead atoms. The van der Waals surface area contributed by atoms with Gasteiger partial charge in [-0.3, -0.25) is 9.62 Å². The van der Waals surface area contributed by atoms with Gasteiger partial charge in [0.05, 0.1) is 6.26 Å². The molecule has 0 unspecified atom stereocenters. The largest absolute Gasteiger partial charge is 0.489 e. The van der Waals surface area contributed by atoms with Crippen LogP contribution in [-0.4, -0.2) is 44.8 Å². The van der Waals surface area contributed by atoms with Crippen molar-refractivity contribution in [3.8, 4) is 5.75 Å². The summed E-state index contributed by atoms with van der Waals surface area (Å²) in [5.41, 5.74) is 0.559. The molecule has 1 fully saturated rings. The van der Waals surface area contributed by atoms with E-state index in [1.165, 1.54) is 19.3 Å². The molecular formula is C17H28N2O3S. The van der Waals surface area contributed by atoms with Gasteiger partial charge in [0.2, 0.25) is 10.0 Å². The van der Waals surface area contributed by atoms with Crippen LogP contribution in [0, 0.1) is 0 Å². The van der Waals surface area contributed by atoms with Crippen LogP contribution in [0.3, 0.4) is 0 Å². The molecule has 23 heavy (non-hydrogen) atoms. The van der Waals surface area contributed by atoms with Crippen molar-refractivity contribution in [3.05, 3.63) is 24.3 Å². The summed E-state index contributed by atoms with van der Waals surface area (Å²) in [6, 6.07) is 7.62. The molecular weight excluding hydrogens is 312 g/mol. The van der Waals surface area contributed by atoms with Gasteiger partial charge in [-0.2, -0.15) is 0 Å². The van der Waals surface area contributed by atoms with Crippen LogP contribution < -0.4 is 9.46 Å². The second-order valence-corrected chi connectivity index (χ2v) is 7.88. The number of hydrogen-bond acceptors (Lipinski definition) is 4. The summed E-state index contributed by atoms with van der Waals surface area (Å²) in [5, 5.41) is 0. The second kappa shape index (κ2) is 8.02. The number of likely N-dealkylation sites (N-methyl/N-ethyl adjacent to an activating group) is 1. The Kier molecular flexibility index (Phi) is 6.30. The Hall–Kier alpha value is -1.27. The first kappa shape index (κ1) is 18.1. The molecule has 2 rings (SSSR count). The zero-order chi connectivity index (χ0) is 16.9. The van der Waals surface area contributed by atoms with E-state index in [4.69, 9.17) is 4.74 Å².